The molecule has 7 nitrogen and oxygen atoms in total. The molecule has 8 heteroatoms. The van der Waals surface area contributed by atoms with Gasteiger partial charge in [0.2, 0.25) is 11.1 Å². The molecule has 0 N–H and O–H groups in total. The molecule has 2 heterocycles. The van der Waals surface area contributed by atoms with Crippen molar-refractivity contribution in [1.29, 1.82) is 0 Å². The molecular formula is C17H20N4O3S. The van der Waals surface area contributed by atoms with Crippen LogP contribution < -0.4 is 0 Å². The maximum atomic E-state index is 12.3. The van der Waals surface area contributed by atoms with Crippen molar-refractivity contribution in [2.24, 2.45) is 5.92 Å². The van der Waals surface area contributed by atoms with Crippen molar-refractivity contribution in [3.8, 4) is 5.69 Å². The summed E-state index contributed by atoms with van der Waals surface area (Å²) in [6.45, 7) is 1.18. The minimum Gasteiger partial charge on any atom is -0.469 e. The van der Waals surface area contributed by atoms with Gasteiger partial charge < -0.3 is 9.64 Å². The predicted octanol–water partition coefficient (Wildman–Crippen LogP) is 1.77. The lowest BCUT2D eigenvalue weighted by Gasteiger charge is -2.30. The number of nitrogens with zero attached hydrogens (tertiary/aromatic N) is 4. The molecule has 1 amide bonds. The van der Waals surface area contributed by atoms with Crippen LogP contribution in [0.2, 0.25) is 0 Å². The molecular weight excluding hydrogens is 340 g/mol. The van der Waals surface area contributed by atoms with E-state index >= 15 is 0 Å². The first-order valence-electron chi connectivity index (χ1n) is 8.13. The summed E-state index contributed by atoms with van der Waals surface area (Å²) in [5.41, 5.74) is 0.929. The maximum absolute atomic E-state index is 12.3. The van der Waals surface area contributed by atoms with Gasteiger partial charge in [-0.3, -0.25) is 9.59 Å². The summed E-state index contributed by atoms with van der Waals surface area (Å²) >= 11 is 1.32. The van der Waals surface area contributed by atoms with E-state index in [2.05, 4.69) is 10.1 Å². The van der Waals surface area contributed by atoms with E-state index in [0.717, 1.165) is 5.69 Å². The molecule has 2 aromatic rings. The Kier molecular flexibility index (Phi) is 5.70. The number of rotatable bonds is 5. The molecule has 0 unspecified atom stereocenters. The molecule has 0 atom stereocenters. The molecule has 1 aromatic heterocycles. The Labute approximate surface area is 150 Å². The second-order valence-electron chi connectivity index (χ2n) is 5.77. The van der Waals surface area contributed by atoms with E-state index in [1.165, 1.54) is 18.9 Å². The number of ether oxygens (including phenoxy) is 1. The van der Waals surface area contributed by atoms with E-state index in [0.29, 0.717) is 36.8 Å². The van der Waals surface area contributed by atoms with Gasteiger partial charge in [0, 0.05) is 13.1 Å². The van der Waals surface area contributed by atoms with Crippen molar-refractivity contribution < 1.29 is 14.3 Å². The standard InChI is InChI=1S/C17H20N4O3S/c1-24-16(23)13-7-9-20(10-8-13)15(22)11-25-17-18-12-21(19-17)14-5-3-2-4-6-14/h2-6,12-13H,7-11H2,1H3. The topological polar surface area (TPSA) is 77.3 Å². The number of likely N-dealkylation sites (tertiary alicyclic amines) is 1. The molecule has 1 aliphatic heterocycles. The lowest BCUT2D eigenvalue weighted by atomic mass is 9.97. The number of amides is 1. The van der Waals surface area contributed by atoms with Crippen LogP contribution in [0.4, 0.5) is 0 Å². The number of hydrogen-bond donors (Lipinski definition) is 0. The average molecular weight is 360 g/mol. The number of carbonyl (C=O) groups is 2. The van der Waals surface area contributed by atoms with Crippen molar-refractivity contribution in [2.45, 2.75) is 18.0 Å². The normalized spacial score (nSPS) is 15.2. The van der Waals surface area contributed by atoms with Gasteiger partial charge in [0.1, 0.15) is 6.33 Å². The van der Waals surface area contributed by atoms with Gasteiger partial charge in [0.15, 0.2) is 0 Å². The zero-order valence-electron chi connectivity index (χ0n) is 14.0. The van der Waals surface area contributed by atoms with Gasteiger partial charge in [-0.2, -0.15) is 0 Å². The van der Waals surface area contributed by atoms with E-state index < -0.39 is 0 Å². The largest absolute Gasteiger partial charge is 0.469 e. The molecule has 1 aliphatic rings. The Hall–Kier alpha value is -2.35. The van der Waals surface area contributed by atoms with Gasteiger partial charge in [0.05, 0.1) is 24.5 Å². The second-order valence-corrected chi connectivity index (χ2v) is 6.72. The molecule has 25 heavy (non-hydrogen) atoms. The highest BCUT2D eigenvalue weighted by Gasteiger charge is 2.27. The van der Waals surface area contributed by atoms with Crippen molar-refractivity contribution in [3.63, 3.8) is 0 Å². The minimum atomic E-state index is -0.183. The van der Waals surface area contributed by atoms with E-state index in [-0.39, 0.29) is 17.8 Å². The van der Waals surface area contributed by atoms with Gasteiger partial charge in [-0.15, -0.1) is 5.10 Å². The minimum absolute atomic E-state index is 0.0457. The average Bonchev–Trinajstić information content (AvgIpc) is 3.15. The van der Waals surface area contributed by atoms with Crippen LogP contribution >= 0.6 is 11.8 Å². The second kappa shape index (κ2) is 8.15. The SMILES string of the molecule is COC(=O)C1CCN(C(=O)CSc2ncn(-c3ccccc3)n2)CC1. The summed E-state index contributed by atoms with van der Waals surface area (Å²) in [6, 6.07) is 9.70. The highest BCUT2D eigenvalue weighted by atomic mass is 32.2. The molecule has 0 spiro atoms. The number of esters is 1. The van der Waals surface area contributed by atoms with E-state index in [9.17, 15) is 9.59 Å². The molecule has 132 valence electrons. The molecule has 0 aliphatic carbocycles. The summed E-state index contributed by atoms with van der Waals surface area (Å²) in [4.78, 5) is 29.9. The molecule has 1 aromatic carbocycles. The number of piperidine rings is 1. The summed E-state index contributed by atoms with van der Waals surface area (Å²) in [6.07, 6.45) is 2.96. The Morgan fingerprint density at radius 2 is 1.96 bits per heavy atom. The van der Waals surface area contributed by atoms with Crippen LogP contribution in [0.15, 0.2) is 41.8 Å². The molecule has 3 rings (SSSR count). The first kappa shape index (κ1) is 17.5. The van der Waals surface area contributed by atoms with Crippen molar-refractivity contribution >= 4 is 23.6 Å². The fourth-order valence-electron chi connectivity index (χ4n) is 2.77. The third-order valence-electron chi connectivity index (χ3n) is 4.20. The van der Waals surface area contributed by atoms with Crippen molar-refractivity contribution in [2.75, 3.05) is 26.0 Å². The lowest BCUT2D eigenvalue weighted by Crippen LogP contribution is -2.41. The first-order valence-corrected chi connectivity index (χ1v) is 9.11. The number of para-hydroxylation sites is 1. The first-order chi connectivity index (χ1) is 12.2. The number of thioether (sulfide) groups is 1. The molecule has 0 saturated carbocycles. The van der Waals surface area contributed by atoms with Gasteiger partial charge in [0.25, 0.3) is 0 Å². The summed E-state index contributed by atoms with van der Waals surface area (Å²) in [7, 11) is 1.40. The van der Waals surface area contributed by atoms with Crippen LogP contribution in [-0.2, 0) is 14.3 Å². The number of hydrogen-bond acceptors (Lipinski definition) is 6. The molecule has 0 bridgehead atoms. The zero-order chi connectivity index (χ0) is 17.6. The quantitative estimate of drug-likeness (QED) is 0.597. The van der Waals surface area contributed by atoms with Gasteiger partial charge in [-0.1, -0.05) is 30.0 Å². The number of methoxy groups -OCH3 is 1. The van der Waals surface area contributed by atoms with E-state index in [1.54, 1.807) is 15.9 Å². The van der Waals surface area contributed by atoms with Crippen LogP contribution in [-0.4, -0.2) is 57.5 Å². The highest BCUT2D eigenvalue weighted by molar-refractivity contribution is 7.99. The fraction of sp³-hybridized carbons (Fsp3) is 0.412. The third-order valence-corrected chi connectivity index (χ3v) is 5.04. The number of carbonyl (C=O) groups excluding carboxylic acids is 2. The molecule has 0 radical (unpaired) electrons. The van der Waals surface area contributed by atoms with Crippen molar-refractivity contribution in [3.05, 3.63) is 36.7 Å². The highest BCUT2D eigenvalue weighted by Crippen LogP contribution is 2.20. The maximum Gasteiger partial charge on any atom is 0.308 e. The third kappa shape index (κ3) is 4.39. The van der Waals surface area contributed by atoms with Crippen LogP contribution in [0.3, 0.4) is 0 Å². The number of benzene rings is 1. The van der Waals surface area contributed by atoms with Gasteiger partial charge >= 0.3 is 5.97 Å². The lowest BCUT2D eigenvalue weighted by molar-refractivity contribution is -0.148. The fourth-order valence-corrected chi connectivity index (χ4v) is 3.47. The van der Waals surface area contributed by atoms with Crippen molar-refractivity contribution in [1.82, 2.24) is 19.7 Å². The zero-order valence-corrected chi connectivity index (χ0v) is 14.8. The van der Waals surface area contributed by atoms with Gasteiger partial charge in [-0.25, -0.2) is 9.67 Å². The van der Waals surface area contributed by atoms with E-state index in [1.807, 2.05) is 30.3 Å². The van der Waals surface area contributed by atoms with E-state index in [4.69, 9.17) is 4.74 Å². The Bertz CT molecular complexity index is 727. The number of aromatic nitrogens is 3. The molecule has 1 fully saturated rings. The summed E-state index contributed by atoms with van der Waals surface area (Å²) in [5.74, 6) is 0.0632. The van der Waals surface area contributed by atoms with Crippen LogP contribution in [0, 0.1) is 5.92 Å². The smallest absolute Gasteiger partial charge is 0.308 e. The Morgan fingerprint density at radius 1 is 1.24 bits per heavy atom. The Morgan fingerprint density at radius 3 is 2.64 bits per heavy atom. The summed E-state index contributed by atoms with van der Waals surface area (Å²) < 4.78 is 6.45. The Balaban J connectivity index is 1.49. The monoisotopic (exact) mass is 360 g/mol. The van der Waals surface area contributed by atoms with Crippen LogP contribution in [0.5, 0.6) is 0 Å². The van der Waals surface area contributed by atoms with Gasteiger partial charge in [-0.05, 0) is 25.0 Å². The predicted molar refractivity (Wildman–Crippen MR) is 93.4 cm³/mol. The van der Waals surface area contributed by atoms with Crippen LogP contribution in [0.1, 0.15) is 12.8 Å². The molecule has 1 saturated heterocycles. The van der Waals surface area contributed by atoms with Crippen LogP contribution in [0.25, 0.3) is 5.69 Å². The summed E-state index contributed by atoms with van der Waals surface area (Å²) in [5, 5.41) is 4.95.